The second-order valence-electron chi connectivity index (χ2n) is 8.58. The Kier molecular flexibility index (Phi) is 9.67. The number of hydrazone groups is 1. The quantitative estimate of drug-likeness (QED) is 0.202. The zero-order valence-corrected chi connectivity index (χ0v) is 22.9. The number of nitrogens with one attached hydrogen (secondary N) is 1. The van der Waals surface area contributed by atoms with E-state index < -0.39 is 22.5 Å². The van der Waals surface area contributed by atoms with E-state index in [4.69, 9.17) is 9.47 Å². The molecule has 0 spiro atoms. The number of aryl methyl sites for hydroxylation is 2. The molecular weight excluding hydrogens is 502 g/mol. The summed E-state index contributed by atoms with van der Waals surface area (Å²) in [5.74, 6) is 0.516. The molecule has 200 valence electrons. The number of hydrogen-bond acceptors (Lipinski definition) is 6. The van der Waals surface area contributed by atoms with Crippen LogP contribution in [0, 0.1) is 20.8 Å². The molecule has 0 aliphatic carbocycles. The second kappa shape index (κ2) is 12.9. The third kappa shape index (κ3) is 7.01. The summed E-state index contributed by atoms with van der Waals surface area (Å²) in [7, 11) is -4.02. The van der Waals surface area contributed by atoms with Crippen molar-refractivity contribution in [3.8, 4) is 11.5 Å². The molecule has 0 bridgehead atoms. The van der Waals surface area contributed by atoms with Gasteiger partial charge in [-0.25, -0.2) is 13.8 Å². The maximum atomic E-state index is 13.6. The molecule has 3 rings (SSSR count). The van der Waals surface area contributed by atoms with Crippen LogP contribution < -0.4 is 19.2 Å². The summed E-state index contributed by atoms with van der Waals surface area (Å²) in [5.41, 5.74) is 6.14. The van der Waals surface area contributed by atoms with E-state index in [1.54, 1.807) is 48.5 Å². The molecule has 1 N–H and O–H groups in total. The van der Waals surface area contributed by atoms with Crippen LogP contribution in [0.1, 0.15) is 29.2 Å². The van der Waals surface area contributed by atoms with Crippen molar-refractivity contribution in [1.82, 2.24) is 5.43 Å². The van der Waals surface area contributed by atoms with Gasteiger partial charge in [0, 0.05) is 0 Å². The van der Waals surface area contributed by atoms with Crippen LogP contribution in [-0.2, 0) is 14.8 Å². The first-order valence-corrected chi connectivity index (χ1v) is 13.6. The Hall–Kier alpha value is -4.11. The van der Waals surface area contributed by atoms with Gasteiger partial charge in [0.1, 0.15) is 13.2 Å². The van der Waals surface area contributed by atoms with Crippen molar-refractivity contribution in [2.45, 2.75) is 32.6 Å². The lowest BCUT2D eigenvalue weighted by molar-refractivity contribution is -0.119. The summed E-state index contributed by atoms with van der Waals surface area (Å²) in [5, 5.41) is 4.03. The SMILES string of the molecule is C=CCOc1ccc(/C=N\NC(=O)CN(c2cccc(C)c2C)S(=O)(=O)c2ccc(C)cc2)cc1OCC. The Bertz CT molecular complexity index is 1420. The van der Waals surface area contributed by atoms with Crippen LogP contribution in [0.5, 0.6) is 11.5 Å². The summed E-state index contributed by atoms with van der Waals surface area (Å²) in [6, 6.07) is 17.1. The third-order valence-corrected chi connectivity index (χ3v) is 7.54. The molecule has 3 aromatic carbocycles. The normalized spacial score (nSPS) is 11.3. The van der Waals surface area contributed by atoms with Crippen LogP contribution in [0.2, 0.25) is 0 Å². The molecule has 1 amide bonds. The highest BCUT2D eigenvalue weighted by molar-refractivity contribution is 7.92. The van der Waals surface area contributed by atoms with Gasteiger partial charge in [-0.1, -0.05) is 42.5 Å². The lowest BCUT2D eigenvalue weighted by Gasteiger charge is -2.26. The van der Waals surface area contributed by atoms with Gasteiger partial charge in [0.25, 0.3) is 15.9 Å². The Morgan fingerprint density at radius 3 is 2.45 bits per heavy atom. The molecule has 0 radical (unpaired) electrons. The lowest BCUT2D eigenvalue weighted by Crippen LogP contribution is -2.40. The largest absolute Gasteiger partial charge is 0.490 e. The Morgan fingerprint density at radius 1 is 1.03 bits per heavy atom. The van der Waals surface area contributed by atoms with Crippen LogP contribution >= 0.6 is 0 Å². The van der Waals surface area contributed by atoms with Crippen molar-refractivity contribution >= 4 is 27.8 Å². The molecular formula is C29H33N3O5S. The van der Waals surface area contributed by atoms with Gasteiger partial charge in [-0.15, -0.1) is 0 Å². The maximum Gasteiger partial charge on any atom is 0.264 e. The van der Waals surface area contributed by atoms with Gasteiger partial charge >= 0.3 is 0 Å². The fourth-order valence-electron chi connectivity index (χ4n) is 3.63. The molecule has 0 aromatic heterocycles. The standard InChI is InChI=1S/C29H33N3O5S/c1-6-17-37-27-16-13-24(18-28(27)36-7-2)19-30-31-29(33)20-32(26-10-8-9-22(4)23(26)5)38(34,35)25-14-11-21(3)12-15-25/h6,8-16,18-19H,1,7,17,20H2,2-5H3,(H,31,33)/b30-19-. The minimum atomic E-state index is -4.02. The van der Waals surface area contributed by atoms with E-state index in [0.29, 0.717) is 36.0 Å². The Labute approximate surface area is 224 Å². The van der Waals surface area contributed by atoms with Gasteiger partial charge in [-0.3, -0.25) is 9.10 Å². The highest BCUT2D eigenvalue weighted by atomic mass is 32.2. The van der Waals surface area contributed by atoms with Crippen molar-refractivity contribution < 1.29 is 22.7 Å². The van der Waals surface area contributed by atoms with Gasteiger partial charge < -0.3 is 9.47 Å². The first kappa shape index (κ1) is 28.5. The number of ether oxygens (including phenoxy) is 2. The van der Waals surface area contributed by atoms with E-state index in [0.717, 1.165) is 21.0 Å². The van der Waals surface area contributed by atoms with E-state index in [2.05, 4.69) is 17.1 Å². The van der Waals surface area contributed by atoms with Crippen molar-refractivity contribution in [2.75, 3.05) is 24.1 Å². The van der Waals surface area contributed by atoms with Crippen LogP contribution in [0.4, 0.5) is 5.69 Å². The fourth-order valence-corrected chi connectivity index (χ4v) is 5.11. The number of sulfonamides is 1. The number of amides is 1. The highest BCUT2D eigenvalue weighted by Crippen LogP contribution is 2.29. The second-order valence-corrected chi connectivity index (χ2v) is 10.4. The molecule has 0 aliphatic heterocycles. The lowest BCUT2D eigenvalue weighted by atomic mass is 10.1. The highest BCUT2D eigenvalue weighted by Gasteiger charge is 2.28. The molecule has 38 heavy (non-hydrogen) atoms. The average molecular weight is 536 g/mol. The number of carbonyl (C=O) groups is 1. The zero-order valence-electron chi connectivity index (χ0n) is 22.1. The smallest absolute Gasteiger partial charge is 0.264 e. The molecule has 0 aliphatic rings. The van der Waals surface area contributed by atoms with E-state index in [9.17, 15) is 13.2 Å². The van der Waals surface area contributed by atoms with Crippen molar-refractivity contribution in [1.29, 1.82) is 0 Å². The number of benzene rings is 3. The number of rotatable bonds is 12. The van der Waals surface area contributed by atoms with Gasteiger partial charge in [0.05, 0.1) is 23.4 Å². The van der Waals surface area contributed by atoms with Gasteiger partial charge in [0.2, 0.25) is 0 Å². The topological polar surface area (TPSA) is 97.3 Å². The number of nitrogens with zero attached hydrogens (tertiary/aromatic N) is 2. The maximum absolute atomic E-state index is 13.6. The molecule has 3 aromatic rings. The van der Waals surface area contributed by atoms with Crippen LogP contribution in [-0.4, -0.2) is 40.3 Å². The third-order valence-electron chi connectivity index (χ3n) is 5.77. The monoisotopic (exact) mass is 535 g/mol. The predicted molar refractivity (Wildman–Crippen MR) is 151 cm³/mol. The summed E-state index contributed by atoms with van der Waals surface area (Å²) < 4.78 is 39.6. The molecule has 0 heterocycles. The first-order chi connectivity index (χ1) is 18.2. The molecule has 0 fully saturated rings. The summed E-state index contributed by atoms with van der Waals surface area (Å²) in [4.78, 5) is 13.0. The van der Waals surface area contributed by atoms with Crippen molar-refractivity contribution in [3.05, 3.63) is 95.6 Å². The summed E-state index contributed by atoms with van der Waals surface area (Å²) in [6.07, 6.45) is 3.09. The fraction of sp³-hybridized carbons (Fsp3) is 0.241. The van der Waals surface area contributed by atoms with Gasteiger partial charge in [-0.05, 0) is 80.8 Å². The number of anilines is 1. The van der Waals surface area contributed by atoms with E-state index in [1.807, 2.05) is 33.8 Å². The average Bonchev–Trinajstić information content (AvgIpc) is 2.89. The summed E-state index contributed by atoms with van der Waals surface area (Å²) in [6.45, 7) is 11.5. The molecule has 0 unspecified atom stereocenters. The van der Waals surface area contributed by atoms with E-state index in [-0.39, 0.29) is 4.90 Å². The first-order valence-electron chi connectivity index (χ1n) is 12.2. The van der Waals surface area contributed by atoms with E-state index >= 15 is 0 Å². The minimum absolute atomic E-state index is 0.0996. The Balaban J connectivity index is 1.83. The molecule has 8 nitrogen and oxygen atoms in total. The van der Waals surface area contributed by atoms with Crippen LogP contribution in [0.3, 0.4) is 0 Å². The molecule has 0 saturated heterocycles. The zero-order chi connectivity index (χ0) is 27.7. The molecule has 0 saturated carbocycles. The molecule has 9 heteroatoms. The number of carbonyl (C=O) groups excluding carboxylic acids is 1. The van der Waals surface area contributed by atoms with Crippen LogP contribution in [0.25, 0.3) is 0 Å². The van der Waals surface area contributed by atoms with Crippen molar-refractivity contribution in [2.24, 2.45) is 5.10 Å². The molecule has 0 atom stereocenters. The Morgan fingerprint density at radius 2 is 1.76 bits per heavy atom. The number of hydrogen-bond donors (Lipinski definition) is 1. The summed E-state index contributed by atoms with van der Waals surface area (Å²) >= 11 is 0. The van der Waals surface area contributed by atoms with Crippen LogP contribution in [0.15, 0.2) is 83.3 Å². The predicted octanol–water partition coefficient (Wildman–Crippen LogP) is 4.92. The minimum Gasteiger partial charge on any atom is -0.490 e. The van der Waals surface area contributed by atoms with Gasteiger partial charge in [0.15, 0.2) is 11.5 Å². The van der Waals surface area contributed by atoms with E-state index in [1.165, 1.54) is 18.3 Å². The van der Waals surface area contributed by atoms with Crippen molar-refractivity contribution in [3.63, 3.8) is 0 Å². The van der Waals surface area contributed by atoms with Gasteiger partial charge in [-0.2, -0.15) is 5.10 Å².